The van der Waals surface area contributed by atoms with E-state index in [1.807, 2.05) is 60.7 Å². The molecule has 35 heavy (non-hydrogen) atoms. The average Bonchev–Trinajstić information content (AvgIpc) is 2.92. The van der Waals surface area contributed by atoms with Crippen LogP contribution in [0.5, 0.6) is 5.75 Å². The predicted octanol–water partition coefficient (Wildman–Crippen LogP) is 4.01. The van der Waals surface area contributed by atoms with Gasteiger partial charge in [-0.05, 0) is 42.6 Å². The van der Waals surface area contributed by atoms with Gasteiger partial charge in [-0.2, -0.15) is 0 Å². The van der Waals surface area contributed by atoms with Crippen LogP contribution in [0, 0.1) is 5.92 Å². The predicted molar refractivity (Wildman–Crippen MR) is 136 cm³/mol. The van der Waals surface area contributed by atoms with E-state index in [1.54, 1.807) is 4.90 Å². The van der Waals surface area contributed by atoms with E-state index >= 15 is 0 Å². The fourth-order valence-corrected chi connectivity index (χ4v) is 4.94. The summed E-state index contributed by atoms with van der Waals surface area (Å²) in [4.78, 5) is 30.9. The van der Waals surface area contributed by atoms with E-state index in [9.17, 15) is 9.59 Å². The van der Waals surface area contributed by atoms with Crippen LogP contribution in [0.4, 0.5) is 5.69 Å². The minimum Gasteiger partial charge on any atom is -0.477 e. The van der Waals surface area contributed by atoms with Crippen LogP contribution in [-0.2, 0) is 22.7 Å². The third-order valence-electron chi connectivity index (χ3n) is 6.75. The monoisotopic (exact) mass is 469 g/mol. The average molecular weight is 470 g/mol. The summed E-state index contributed by atoms with van der Waals surface area (Å²) in [6.07, 6.45) is 1.09. The van der Waals surface area contributed by atoms with Crippen LogP contribution in [0.25, 0.3) is 0 Å². The van der Waals surface area contributed by atoms with Gasteiger partial charge in [-0.25, -0.2) is 0 Å². The van der Waals surface area contributed by atoms with Crippen molar-refractivity contribution in [1.29, 1.82) is 0 Å². The van der Waals surface area contributed by atoms with Crippen LogP contribution >= 0.6 is 0 Å². The first-order chi connectivity index (χ1) is 17.2. The van der Waals surface area contributed by atoms with Gasteiger partial charge in [0.2, 0.25) is 5.91 Å². The van der Waals surface area contributed by atoms with Crippen LogP contribution in [0.2, 0.25) is 0 Å². The third-order valence-corrected chi connectivity index (χ3v) is 6.75. The zero-order valence-electron chi connectivity index (χ0n) is 19.8. The van der Waals surface area contributed by atoms with Crippen molar-refractivity contribution >= 4 is 17.5 Å². The maximum absolute atomic E-state index is 13.8. The van der Waals surface area contributed by atoms with Crippen LogP contribution in [0.3, 0.4) is 0 Å². The fourth-order valence-electron chi connectivity index (χ4n) is 4.94. The van der Waals surface area contributed by atoms with E-state index in [4.69, 9.17) is 4.74 Å². The molecule has 3 aromatic carbocycles. The maximum atomic E-state index is 13.8. The number of likely N-dealkylation sites (tertiary alicyclic amines) is 1. The van der Waals surface area contributed by atoms with Gasteiger partial charge in [-0.15, -0.1) is 0 Å². The van der Waals surface area contributed by atoms with E-state index in [2.05, 4.69) is 34.5 Å². The number of hydrogen-bond acceptors (Lipinski definition) is 4. The van der Waals surface area contributed by atoms with E-state index < -0.39 is 6.10 Å². The molecule has 1 fully saturated rings. The molecule has 0 saturated carbocycles. The van der Waals surface area contributed by atoms with Crippen molar-refractivity contribution in [1.82, 2.24) is 10.2 Å². The molecule has 0 aromatic heterocycles. The summed E-state index contributed by atoms with van der Waals surface area (Å²) in [5, 5.41) is 2.96. The zero-order valence-corrected chi connectivity index (χ0v) is 19.8. The van der Waals surface area contributed by atoms with Crippen LogP contribution < -0.4 is 15.0 Å². The molecule has 0 aliphatic carbocycles. The van der Waals surface area contributed by atoms with Crippen molar-refractivity contribution in [3.8, 4) is 5.75 Å². The fraction of sp³-hybridized carbons (Fsp3) is 0.310. The second kappa shape index (κ2) is 10.7. The number of carbonyl (C=O) groups excluding carboxylic acids is 2. The highest BCUT2D eigenvalue weighted by atomic mass is 16.5. The molecule has 6 nitrogen and oxygen atoms in total. The summed E-state index contributed by atoms with van der Waals surface area (Å²) in [5.74, 6) is 0.324. The van der Waals surface area contributed by atoms with Crippen molar-refractivity contribution in [2.75, 3.05) is 24.5 Å². The number of nitrogens with one attached hydrogen (secondary N) is 1. The van der Waals surface area contributed by atoms with Gasteiger partial charge in [0.25, 0.3) is 5.91 Å². The number of nitrogens with zero attached hydrogens (tertiary/aromatic N) is 2. The number of piperidine rings is 1. The Morgan fingerprint density at radius 1 is 0.857 bits per heavy atom. The van der Waals surface area contributed by atoms with Gasteiger partial charge in [0.15, 0.2) is 6.10 Å². The molecule has 0 radical (unpaired) electrons. The Labute approximate surface area is 206 Å². The molecule has 6 heteroatoms. The lowest BCUT2D eigenvalue weighted by Gasteiger charge is -2.38. The van der Waals surface area contributed by atoms with Crippen molar-refractivity contribution in [2.24, 2.45) is 5.92 Å². The topological polar surface area (TPSA) is 61.9 Å². The molecule has 180 valence electrons. The first-order valence-corrected chi connectivity index (χ1v) is 12.3. The highest BCUT2D eigenvalue weighted by Crippen LogP contribution is 2.35. The van der Waals surface area contributed by atoms with Gasteiger partial charge in [0.1, 0.15) is 5.75 Å². The smallest absolute Gasteiger partial charge is 0.263 e. The largest absolute Gasteiger partial charge is 0.477 e. The van der Waals surface area contributed by atoms with Gasteiger partial charge in [0.05, 0.1) is 18.2 Å². The van der Waals surface area contributed by atoms with Crippen molar-refractivity contribution < 1.29 is 14.3 Å². The van der Waals surface area contributed by atoms with Gasteiger partial charge in [-0.1, -0.05) is 72.8 Å². The number of fused-ring (bicyclic) bond motifs is 1. The van der Waals surface area contributed by atoms with E-state index in [0.717, 1.165) is 43.7 Å². The quantitative estimate of drug-likeness (QED) is 0.593. The summed E-state index contributed by atoms with van der Waals surface area (Å²) in [5.41, 5.74) is 3.02. The highest BCUT2D eigenvalue weighted by Gasteiger charge is 2.37. The lowest BCUT2D eigenvalue weighted by Crippen LogP contribution is -2.53. The third kappa shape index (κ3) is 5.54. The Morgan fingerprint density at radius 2 is 1.54 bits per heavy atom. The Balaban J connectivity index is 1.28. The van der Waals surface area contributed by atoms with Crippen LogP contribution in [0.1, 0.15) is 24.0 Å². The van der Waals surface area contributed by atoms with E-state index in [-0.39, 0.29) is 24.3 Å². The zero-order chi connectivity index (χ0) is 24.0. The molecule has 0 spiro atoms. The highest BCUT2D eigenvalue weighted by molar-refractivity contribution is 5.98. The van der Waals surface area contributed by atoms with Gasteiger partial charge >= 0.3 is 0 Å². The minimum atomic E-state index is -0.749. The number of anilines is 1. The summed E-state index contributed by atoms with van der Waals surface area (Å²) in [7, 11) is 0. The number of rotatable bonds is 6. The van der Waals surface area contributed by atoms with Crippen LogP contribution in [0.15, 0.2) is 84.9 Å². The second-order valence-corrected chi connectivity index (χ2v) is 9.29. The molecule has 2 aliphatic rings. The van der Waals surface area contributed by atoms with Gasteiger partial charge < -0.3 is 15.0 Å². The molecule has 0 unspecified atom stereocenters. The number of hydrogen-bond donors (Lipinski definition) is 1. The normalized spacial score (nSPS) is 19.9. The molecule has 3 aromatic rings. The van der Waals surface area contributed by atoms with Crippen molar-refractivity contribution in [3.63, 3.8) is 0 Å². The summed E-state index contributed by atoms with van der Waals surface area (Å²) >= 11 is 0. The summed E-state index contributed by atoms with van der Waals surface area (Å²) in [6, 6.07) is 27.7. The van der Waals surface area contributed by atoms with E-state index in [0.29, 0.717) is 12.3 Å². The van der Waals surface area contributed by atoms with E-state index in [1.165, 1.54) is 5.56 Å². The molecule has 2 atom stereocenters. The lowest BCUT2D eigenvalue weighted by atomic mass is 9.95. The van der Waals surface area contributed by atoms with Crippen molar-refractivity contribution in [2.45, 2.75) is 32.0 Å². The standard InChI is InChI=1S/C29H31N3O3/c33-28(30-18-22-10-3-1-4-11-22)27-21-32(25-15-7-8-16-26(25)35-27)29(34)24-14-9-17-31(20-24)19-23-12-5-2-6-13-23/h1-8,10-13,15-16,24,27H,9,14,17-21H2,(H,30,33)/t24-,27+/m0/s1. The van der Waals surface area contributed by atoms with Gasteiger partial charge in [-0.3, -0.25) is 14.5 Å². The Morgan fingerprint density at radius 3 is 2.31 bits per heavy atom. The number of benzene rings is 3. The number of ether oxygens (including phenoxy) is 1. The lowest BCUT2D eigenvalue weighted by molar-refractivity contribution is -0.129. The first kappa shape index (κ1) is 23.1. The van der Waals surface area contributed by atoms with Crippen molar-refractivity contribution in [3.05, 3.63) is 96.1 Å². The summed E-state index contributed by atoms with van der Waals surface area (Å²) in [6.45, 7) is 3.19. The van der Waals surface area contributed by atoms with Gasteiger partial charge in [0, 0.05) is 19.6 Å². The molecule has 2 aliphatic heterocycles. The molecule has 1 N–H and O–H groups in total. The molecular formula is C29H31N3O3. The Bertz CT molecular complexity index is 1150. The SMILES string of the molecule is O=C(NCc1ccccc1)[C@H]1CN(C(=O)[C@H]2CCCN(Cc3ccccc3)C2)c2ccccc2O1. The molecule has 1 saturated heterocycles. The second-order valence-electron chi connectivity index (χ2n) is 9.29. The molecule has 0 bridgehead atoms. The number of amides is 2. The molecule has 2 amide bonds. The van der Waals surface area contributed by atoms with Crippen LogP contribution in [-0.4, -0.2) is 42.5 Å². The molecule has 5 rings (SSSR count). The molecular weight excluding hydrogens is 438 g/mol. The maximum Gasteiger partial charge on any atom is 0.263 e. The number of carbonyl (C=O) groups is 2. The summed E-state index contributed by atoms with van der Waals surface area (Å²) < 4.78 is 6.03. The Hall–Kier alpha value is -3.64. The first-order valence-electron chi connectivity index (χ1n) is 12.3. The Kier molecular flexibility index (Phi) is 7.09. The minimum absolute atomic E-state index is 0.0689. The number of para-hydroxylation sites is 2. The molecule has 2 heterocycles.